The van der Waals surface area contributed by atoms with Crippen molar-refractivity contribution in [3.8, 4) is 40.5 Å². The summed E-state index contributed by atoms with van der Waals surface area (Å²) < 4.78 is 21.4. The molecule has 154 valence electrons. The number of alkyl halides is 1. The highest BCUT2D eigenvalue weighted by atomic mass is 19.1. The fourth-order valence-corrected chi connectivity index (χ4v) is 2.93. The molecule has 8 nitrogen and oxygen atoms in total. The average Bonchev–Trinajstić information content (AvgIpc) is 3.19. The second-order valence-corrected chi connectivity index (χ2v) is 6.67. The summed E-state index contributed by atoms with van der Waals surface area (Å²) in [6.07, 6.45) is 3.15. The largest absolute Gasteiger partial charge is 0.438 e. The summed E-state index contributed by atoms with van der Waals surface area (Å²) in [6, 6.07) is 14.3. The number of nitrogens with zero attached hydrogens (tertiary/aromatic N) is 6. The number of hydrogen-bond acceptors (Lipinski definition) is 7. The van der Waals surface area contributed by atoms with Gasteiger partial charge in [0, 0.05) is 43.8 Å². The normalized spacial score (nSPS) is 11.7. The highest BCUT2D eigenvalue weighted by molar-refractivity contribution is 5.66. The molecule has 3 heterocycles. The Morgan fingerprint density at radius 2 is 1.94 bits per heavy atom. The quantitative estimate of drug-likeness (QED) is 0.512. The molecule has 0 saturated heterocycles. The molecule has 3 aromatic heterocycles. The van der Waals surface area contributed by atoms with Crippen molar-refractivity contribution >= 4 is 0 Å². The lowest BCUT2D eigenvalue weighted by Gasteiger charge is -2.11. The van der Waals surface area contributed by atoms with Gasteiger partial charge in [-0.1, -0.05) is 6.07 Å². The van der Waals surface area contributed by atoms with E-state index in [2.05, 4.69) is 26.1 Å². The zero-order valence-electron chi connectivity index (χ0n) is 16.6. The molecule has 0 unspecified atom stereocenters. The smallest absolute Gasteiger partial charge is 0.218 e. The standard InChI is InChI=1S/C22H18FN7O/c1-30-21(9-19(29-30)18-4-2-3-7-26-18)31-20-8-14(10-24)5-6-16(20)22-27-12-15(13-28-22)17(23)11-25/h2-9,12-13,17H,11,25H2,1H3/t17-/m1/s1. The lowest BCUT2D eigenvalue weighted by atomic mass is 10.1. The summed E-state index contributed by atoms with van der Waals surface area (Å²) in [4.78, 5) is 12.8. The molecule has 0 bridgehead atoms. The van der Waals surface area contributed by atoms with Gasteiger partial charge in [0.25, 0.3) is 0 Å². The molecule has 4 rings (SSSR count). The zero-order chi connectivity index (χ0) is 21.8. The lowest BCUT2D eigenvalue weighted by molar-refractivity contribution is 0.351. The van der Waals surface area contributed by atoms with Crippen LogP contribution in [0.2, 0.25) is 0 Å². The summed E-state index contributed by atoms with van der Waals surface area (Å²) in [5.74, 6) is 1.15. The minimum atomic E-state index is -1.33. The number of aryl methyl sites for hydroxylation is 1. The highest BCUT2D eigenvalue weighted by Crippen LogP contribution is 2.34. The molecule has 0 aliphatic heterocycles. The molecule has 0 radical (unpaired) electrons. The Morgan fingerprint density at radius 3 is 2.61 bits per heavy atom. The molecule has 1 aromatic carbocycles. The summed E-state index contributed by atoms with van der Waals surface area (Å²) in [6.45, 7) is -0.146. The van der Waals surface area contributed by atoms with Gasteiger partial charge in [-0.05, 0) is 30.3 Å². The summed E-state index contributed by atoms with van der Waals surface area (Å²) in [7, 11) is 1.75. The van der Waals surface area contributed by atoms with Crippen molar-refractivity contribution in [1.82, 2.24) is 24.7 Å². The summed E-state index contributed by atoms with van der Waals surface area (Å²) >= 11 is 0. The van der Waals surface area contributed by atoms with E-state index in [1.54, 1.807) is 42.2 Å². The molecule has 0 amide bonds. The second-order valence-electron chi connectivity index (χ2n) is 6.67. The van der Waals surface area contributed by atoms with Crippen LogP contribution >= 0.6 is 0 Å². The Labute approximate surface area is 177 Å². The van der Waals surface area contributed by atoms with E-state index in [0.29, 0.717) is 45.5 Å². The van der Waals surface area contributed by atoms with Crippen LogP contribution in [-0.2, 0) is 7.05 Å². The van der Waals surface area contributed by atoms with Crippen molar-refractivity contribution in [2.45, 2.75) is 6.17 Å². The molecule has 4 aromatic rings. The fraction of sp³-hybridized carbons (Fsp3) is 0.136. The Kier molecular flexibility index (Phi) is 5.64. The average molecular weight is 415 g/mol. The van der Waals surface area contributed by atoms with Crippen LogP contribution < -0.4 is 10.5 Å². The van der Waals surface area contributed by atoms with Gasteiger partial charge in [0.05, 0.1) is 22.9 Å². The number of pyridine rings is 1. The number of benzene rings is 1. The summed E-state index contributed by atoms with van der Waals surface area (Å²) in [5, 5.41) is 13.7. The van der Waals surface area contributed by atoms with Gasteiger partial charge in [0.15, 0.2) is 5.82 Å². The monoisotopic (exact) mass is 415 g/mol. The van der Waals surface area contributed by atoms with Crippen molar-refractivity contribution in [2.75, 3.05) is 6.54 Å². The van der Waals surface area contributed by atoms with Gasteiger partial charge < -0.3 is 10.5 Å². The molecule has 0 aliphatic rings. The Bertz CT molecular complexity index is 1230. The maximum Gasteiger partial charge on any atom is 0.218 e. The number of halogens is 1. The number of ether oxygens (including phenoxy) is 1. The molecular weight excluding hydrogens is 397 g/mol. The first-order valence-electron chi connectivity index (χ1n) is 9.43. The van der Waals surface area contributed by atoms with Crippen LogP contribution in [0.4, 0.5) is 4.39 Å². The number of hydrogen-bond donors (Lipinski definition) is 1. The van der Waals surface area contributed by atoms with Crippen molar-refractivity contribution in [2.24, 2.45) is 12.8 Å². The van der Waals surface area contributed by atoms with Gasteiger partial charge in [-0.25, -0.2) is 19.0 Å². The van der Waals surface area contributed by atoms with E-state index in [1.165, 1.54) is 12.4 Å². The van der Waals surface area contributed by atoms with Crippen LogP contribution in [0, 0.1) is 11.3 Å². The van der Waals surface area contributed by atoms with E-state index in [1.807, 2.05) is 18.2 Å². The Balaban J connectivity index is 1.70. The minimum absolute atomic E-state index is 0.146. The maximum absolute atomic E-state index is 13.8. The van der Waals surface area contributed by atoms with Gasteiger partial charge in [0.2, 0.25) is 5.88 Å². The third kappa shape index (κ3) is 4.24. The van der Waals surface area contributed by atoms with Gasteiger partial charge in [-0.3, -0.25) is 4.98 Å². The third-order valence-electron chi connectivity index (χ3n) is 4.57. The van der Waals surface area contributed by atoms with Crippen LogP contribution in [0.5, 0.6) is 11.6 Å². The lowest BCUT2D eigenvalue weighted by Crippen LogP contribution is -2.08. The van der Waals surface area contributed by atoms with Gasteiger partial charge in [0.1, 0.15) is 17.6 Å². The minimum Gasteiger partial charge on any atom is -0.438 e. The fourth-order valence-electron chi connectivity index (χ4n) is 2.93. The predicted octanol–water partition coefficient (Wildman–Crippen LogP) is 3.57. The third-order valence-corrected chi connectivity index (χ3v) is 4.57. The van der Waals surface area contributed by atoms with Crippen molar-refractivity contribution < 1.29 is 9.13 Å². The number of nitrogens with two attached hydrogens (primary N) is 1. The topological polar surface area (TPSA) is 116 Å². The molecule has 0 aliphatic carbocycles. The van der Waals surface area contributed by atoms with E-state index < -0.39 is 6.17 Å². The SMILES string of the molecule is Cn1nc(-c2ccccn2)cc1Oc1cc(C#N)ccc1-c1ncc([C@H](F)CN)cn1. The molecule has 1 atom stereocenters. The Morgan fingerprint density at radius 1 is 1.13 bits per heavy atom. The van der Waals surface area contributed by atoms with Gasteiger partial charge >= 0.3 is 0 Å². The number of nitriles is 1. The van der Waals surface area contributed by atoms with Crippen LogP contribution in [0.1, 0.15) is 17.3 Å². The van der Waals surface area contributed by atoms with E-state index in [9.17, 15) is 9.65 Å². The van der Waals surface area contributed by atoms with Gasteiger partial charge in [-0.15, -0.1) is 0 Å². The number of aromatic nitrogens is 5. The zero-order valence-corrected chi connectivity index (χ0v) is 16.6. The molecule has 0 saturated carbocycles. The van der Waals surface area contributed by atoms with Crippen molar-refractivity contribution in [3.05, 3.63) is 72.2 Å². The number of rotatable bonds is 6. The van der Waals surface area contributed by atoms with Crippen LogP contribution in [0.15, 0.2) is 61.1 Å². The van der Waals surface area contributed by atoms with Crippen molar-refractivity contribution in [1.29, 1.82) is 5.26 Å². The van der Waals surface area contributed by atoms with Crippen LogP contribution in [0.3, 0.4) is 0 Å². The first-order valence-corrected chi connectivity index (χ1v) is 9.43. The molecule has 0 fully saturated rings. The molecular formula is C22H18FN7O. The van der Waals surface area contributed by atoms with Crippen molar-refractivity contribution in [3.63, 3.8) is 0 Å². The predicted molar refractivity (Wildman–Crippen MR) is 112 cm³/mol. The molecule has 0 spiro atoms. The Hall–Kier alpha value is -4.16. The first-order chi connectivity index (χ1) is 15.1. The molecule has 2 N–H and O–H groups in total. The molecule has 31 heavy (non-hydrogen) atoms. The van der Waals surface area contributed by atoms with E-state index in [0.717, 1.165) is 0 Å². The molecule has 9 heteroatoms. The van der Waals surface area contributed by atoms with Crippen LogP contribution in [-0.4, -0.2) is 31.3 Å². The van der Waals surface area contributed by atoms with E-state index in [4.69, 9.17) is 10.5 Å². The summed E-state index contributed by atoms with van der Waals surface area (Å²) in [5.41, 5.74) is 7.97. The second kappa shape index (κ2) is 8.69. The van der Waals surface area contributed by atoms with E-state index >= 15 is 0 Å². The van der Waals surface area contributed by atoms with Gasteiger partial charge in [-0.2, -0.15) is 10.4 Å². The maximum atomic E-state index is 13.8. The van der Waals surface area contributed by atoms with E-state index in [-0.39, 0.29) is 6.54 Å². The first kappa shape index (κ1) is 20.1. The van der Waals surface area contributed by atoms with Crippen LogP contribution in [0.25, 0.3) is 22.8 Å². The highest BCUT2D eigenvalue weighted by Gasteiger charge is 2.16.